The Kier molecular flexibility index (Phi) is 6.98. The van der Waals surface area contributed by atoms with E-state index in [-0.39, 0.29) is 6.61 Å². The molecule has 7 nitrogen and oxygen atoms in total. The van der Waals surface area contributed by atoms with E-state index in [1.807, 2.05) is 32.1 Å². The Morgan fingerprint density at radius 3 is 2.31 bits per heavy atom. The van der Waals surface area contributed by atoms with Crippen LogP contribution in [0.2, 0.25) is 0 Å². The minimum absolute atomic E-state index is 0.265. The van der Waals surface area contributed by atoms with Gasteiger partial charge in [-0.2, -0.15) is 0 Å². The standard InChI is InChI=1S/C28H28N2O5/c1-5-35-28(33)20-10-12-22(13-11-20)30-26(31)24-9-7-6-8-23(24)25(27(30)32)17-21-16-18(2)29(19(21)3)14-15-34-4/h6-13,16-17H,5,14-15H2,1-4H3/b25-17+. The van der Waals surface area contributed by atoms with Crippen LogP contribution in [0.25, 0.3) is 11.6 Å². The molecule has 2 amide bonds. The van der Waals surface area contributed by atoms with E-state index < -0.39 is 17.8 Å². The molecule has 1 aliphatic heterocycles. The van der Waals surface area contributed by atoms with Crippen molar-refractivity contribution in [3.63, 3.8) is 0 Å². The smallest absolute Gasteiger partial charge is 0.338 e. The number of methoxy groups -OCH3 is 1. The third-order valence-corrected chi connectivity index (χ3v) is 6.15. The quantitative estimate of drug-likeness (QED) is 0.284. The lowest BCUT2D eigenvalue weighted by molar-refractivity contribution is -0.112. The van der Waals surface area contributed by atoms with Gasteiger partial charge in [-0.1, -0.05) is 18.2 Å². The van der Waals surface area contributed by atoms with Crippen molar-refractivity contribution in [2.24, 2.45) is 0 Å². The Labute approximate surface area is 204 Å². The van der Waals surface area contributed by atoms with E-state index in [1.165, 1.54) is 0 Å². The molecule has 0 fully saturated rings. The number of anilines is 1. The second-order valence-corrected chi connectivity index (χ2v) is 8.29. The summed E-state index contributed by atoms with van der Waals surface area (Å²) in [4.78, 5) is 40.3. The summed E-state index contributed by atoms with van der Waals surface area (Å²) >= 11 is 0. The van der Waals surface area contributed by atoms with Crippen LogP contribution >= 0.6 is 0 Å². The van der Waals surface area contributed by atoms with Crippen molar-refractivity contribution in [2.75, 3.05) is 25.2 Å². The van der Waals surface area contributed by atoms with Crippen LogP contribution in [-0.2, 0) is 20.8 Å². The number of hydrogen-bond acceptors (Lipinski definition) is 5. The molecule has 0 spiro atoms. The highest BCUT2D eigenvalue weighted by Crippen LogP contribution is 2.34. The summed E-state index contributed by atoms with van der Waals surface area (Å²) in [5.74, 6) is -1.28. The Balaban J connectivity index is 1.78. The Hall–Kier alpha value is -3.97. The maximum Gasteiger partial charge on any atom is 0.338 e. The minimum Gasteiger partial charge on any atom is -0.462 e. The van der Waals surface area contributed by atoms with Gasteiger partial charge in [-0.25, -0.2) is 9.69 Å². The van der Waals surface area contributed by atoms with Crippen molar-refractivity contribution < 1.29 is 23.9 Å². The van der Waals surface area contributed by atoms with E-state index in [1.54, 1.807) is 56.5 Å². The SMILES string of the molecule is CCOC(=O)c1ccc(N2C(=O)/C(=C/c3cc(C)n(CCOC)c3C)c3ccccc3C2=O)cc1. The fourth-order valence-electron chi connectivity index (χ4n) is 4.34. The van der Waals surface area contributed by atoms with Crippen molar-refractivity contribution in [3.05, 3.63) is 88.2 Å². The molecule has 2 aromatic carbocycles. The molecule has 0 saturated heterocycles. The number of ether oxygens (including phenoxy) is 2. The van der Waals surface area contributed by atoms with E-state index in [0.717, 1.165) is 21.9 Å². The predicted octanol–water partition coefficient (Wildman–Crippen LogP) is 4.66. The number of nitrogens with zero attached hydrogens (tertiary/aromatic N) is 2. The summed E-state index contributed by atoms with van der Waals surface area (Å²) in [6.07, 6.45) is 1.85. The van der Waals surface area contributed by atoms with Gasteiger partial charge in [0.1, 0.15) is 0 Å². The van der Waals surface area contributed by atoms with Gasteiger partial charge in [0.05, 0.1) is 24.5 Å². The molecule has 3 aromatic rings. The second kappa shape index (κ2) is 10.1. The fraction of sp³-hybridized carbons (Fsp3) is 0.250. The lowest BCUT2D eigenvalue weighted by Crippen LogP contribution is -2.41. The van der Waals surface area contributed by atoms with Gasteiger partial charge in [-0.15, -0.1) is 0 Å². The molecule has 1 aliphatic rings. The molecule has 2 heterocycles. The monoisotopic (exact) mass is 472 g/mol. The van der Waals surface area contributed by atoms with Crippen LogP contribution in [0.1, 0.15) is 50.2 Å². The normalized spacial score (nSPS) is 14.4. The number of hydrogen-bond donors (Lipinski definition) is 0. The van der Waals surface area contributed by atoms with Gasteiger partial charge in [0, 0.05) is 36.2 Å². The van der Waals surface area contributed by atoms with Crippen LogP contribution in [0.5, 0.6) is 0 Å². The molecular weight excluding hydrogens is 444 g/mol. The number of carbonyl (C=O) groups is 3. The highest BCUT2D eigenvalue weighted by atomic mass is 16.5. The number of esters is 1. The average molecular weight is 473 g/mol. The molecule has 7 heteroatoms. The number of imide groups is 1. The number of benzene rings is 2. The molecule has 0 atom stereocenters. The molecule has 35 heavy (non-hydrogen) atoms. The fourth-order valence-corrected chi connectivity index (χ4v) is 4.34. The number of aryl methyl sites for hydroxylation is 1. The van der Waals surface area contributed by atoms with E-state index in [4.69, 9.17) is 9.47 Å². The molecule has 0 radical (unpaired) electrons. The highest BCUT2D eigenvalue weighted by Gasteiger charge is 2.36. The van der Waals surface area contributed by atoms with E-state index in [2.05, 4.69) is 4.57 Å². The van der Waals surface area contributed by atoms with Crippen molar-refractivity contribution in [1.29, 1.82) is 0 Å². The second-order valence-electron chi connectivity index (χ2n) is 8.29. The minimum atomic E-state index is -0.454. The first-order chi connectivity index (χ1) is 16.9. The molecule has 1 aromatic heterocycles. The number of fused-ring (bicyclic) bond motifs is 1. The van der Waals surface area contributed by atoms with Gasteiger partial charge in [-0.05, 0) is 74.4 Å². The average Bonchev–Trinajstić information content (AvgIpc) is 3.13. The van der Waals surface area contributed by atoms with Crippen LogP contribution in [0, 0.1) is 13.8 Å². The zero-order chi connectivity index (χ0) is 25.1. The molecule has 0 bridgehead atoms. The van der Waals surface area contributed by atoms with E-state index in [0.29, 0.717) is 41.1 Å². The van der Waals surface area contributed by atoms with Gasteiger partial charge in [0.25, 0.3) is 11.8 Å². The Morgan fingerprint density at radius 1 is 0.971 bits per heavy atom. The summed E-state index contributed by atoms with van der Waals surface area (Å²) in [6.45, 7) is 7.31. The third kappa shape index (κ3) is 4.55. The maximum absolute atomic E-state index is 13.7. The number of aromatic nitrogens is 1. The van der Waals surface area contributed by atoms with Gasteiger partial charge >= 0.3 is 5.97 Å². The van der Waals surface area contributed by atoms with E-state index >= 15 is 0 Å². The molecule has 0 saturated carbocycles. The molecule has 0 unspecified atom stereocenters. The predicted molar refractivity (Wildman–Crippen MR) is 134 cm³/mol. The highest BCUT2D eigenvalue weighted by molar-refractivity contribution is 6.43. The van der Waals surface area contributed by atoms with Crippen LogP contribution in [-0.4, -0.2) is 42.7 Å². The van der Waals surface area contributed by atoms with Crippen LogP contribution < -0.4 is 4.90 Å². The summed E-state index contributed by atoms with van der Waals surface area (Å²) in [5, 5.41) is 0. The van der Waals surface area contributed by atoms with Crippen molar-refractivity contribution in [3.8, 4) is 0 Å². The summed E-state index contributed by atoms with van der Waals surface area (Å²) in [5.41, 5.74) is 5.20. The summed E-state index contributed by atoms with van der Waals surface area (Å²) in [6, 6.07) is 15.4. The van der Waals surface area contributed by atoms with Crippen LogP contribution in [0.15, 0.2) is 54.6 Å². The van der Waals surface area contributed by atoms with Crippen molar-refractivity contribution in [2.45, 2.75) is 27.3 Å². The summed E-state index contributed by atoms with van der Waals surface area (Å²) < 4.78 is 12.4. The number of amides is 2. The topological polar surface area (TPSA) is 77.8 Å². The molecule has 180 valence electrons. The lowest BCUT2D eigenvalue weighted by Gasteiger charge is -2.28. The number of rotatable bonds is 7. The van der Waals surface area contributed by atoms with E-state index in [9.17, 15) is 14.4 Å². The first-order valence-electron chi connectivity index (χ1n) is 11.5. The zero-order valence-electron chi connectivity index (χ0n) is 20.3. The third-order valence-electron chi connectivity index (χ3n) is 6.15. The molecule has 0 aliphatic carbocycles. The van der Waals surface area contributed by atoms with Crippen molar-refractivity contribution in [1.82, 2.24) is 4.57 Å². The zero-order valence-corrected chi connectivity index (χ0v) is 20.3. The van der Waals surface area contributed by atoms with Gasteiger partial charge in [-0.3, -0.25) is 9.59 Å². The first-order valence-corrected chi connectivity index (χ1v) is 11.5. The maximum atomic E-state index is 13.7. The summed E-state index contributed by atoms with van der Waals surface area (Å²) in [7, 11) is 1.67. The van der Waals surface area contributed by atoms with Gasteiger partial charge in [0.2, 0.25) is 0 Å². The lowest BCUT2D eigenvalue weighted by atomic mass is 9.91. The Morgan fingerprint density at radius 2 is 1.66 bits per heavy atom. The number of carbonyl (C=O) groups excluding carboxylic acids is 3. The Bertz CT molecular complexity index is 1320. The first kappa shape index (κ1) is 24.2. The van der Waals surface area contributed by atoms with Gasteiger partial charge < -0.3 is 14.0 Å². The largest absolute Gasteiger partial charge is 0.462 e. The molecule has 4 rings (SSSR count). The molecular formula is C28H28N2O5. The van der Waals surface area contributed by atoms with Crippen LogP contribution in [0.3, 0.4) is 0 Å². The van der Waals surface area contributed by atoms with Crippen molar-refractivity contribution >= 4 is 35.1 Å². The van der Waals surface area contributed by atoms with Crippen LogP contribution in [0.4, 0.5) is 5.69 Å². The van der Waals surface area contributed by atoms with Gasteiger partial charge in [0.15, 0.2) is 0 Å². The molecule has 0 N–H and O–H groups in total.